The Morgan fingerprint density at radius 3 is 2.67 bits per heavy atom. The lowest BCUT2D eigenvalue weighted by atomic mass is 10.0. The summed E-state index contributed by atoms with van der Waals surface area (Å²) in [5, 5.41) is 3.14. The first kappa shape index (κ1) is 14.7. The molecule has 0 saturated carbocycles. The smallest absolute Gasteiger partial charge is 0.225 e. The molecule has 5 heteroatoms. The van der Waals surface area contributed by atoms with Crippen LogP contribution in [-0.2, 0) is 0 Å². The second kappa shape index (κ2) is 7.16. The number of nitrogens with one attached hydrogen (secondary N) is 1. The van der Waals surface area contributed by atoms with Gasteiger partial charge in [0.25, 0.3) is 0 Å². The number of rotatable bonds is 7. The molecule has 0 aromatic carbocycles. The Morgan fingerprint density at radius 2 is 2.06 bits per heavy atom. The van der Waals surface area contributed by atoms with Crippen molar-refractivity contribution in [3.05, 3.63) is 12.3 Å². The lowest BCUT2D eigenvalue weighted by molar-refractivity contribution is 0.232. The molecule has 0 aliphatic rings. The number of anilines is 1. The molecule has 0 saturated heterocycles. The second-order valence-electron chi connectivity index (χ2n) is 5.16. The summed E-state index contributed by atoms with van der Waals surface area (Å²) in [6.07, 6.45) is 2.77. The highest BCUT2D eigenvalue weighted by atomic mass is 16.5. The predicted octanol–water partition coefficient (Wildman–Crippen LogP) is 2.05. The van der Waals surface area contributed by atoms with Gasteiger partial charge in [0, 0.05) is 24.8 Å². The molecule has 1 aromatic heterocycles. The number of hydrogen-bond acceptors (Lipinski definition) is 5. The minimum absolute atomic E-state index is 0.107. The van der Waals surface area contributed by atoms with E-state index < -0.39 is 0 Å². The minimum atomic E-state index is 0.107. The zero-order chi connectivity index (χ0) is 13.5. The fraction of sp³-hybridized carbons (Fsp3) is 0.692. The van der Waals surface area contributed by atoms with Crippen molar-refractivity contribution in [2.75, 3.05) is 11.9 Å². The number of ether oxygens (including phenoxy) is 1. The van der Waals surface area contributed by atoms with Crippen LogP contribution in [0.15, 0.2) is 12.3 Å². The third-order valence-corrected chi connectivity index (χ3v) is 2.28. The molecular weight excluding hydrogens is 228 g/mol. The summed E-state index contributed by atoms with van der Waals surface area (Å²) in [6.45, 7) is 8.92. The van der Waals surface area contributed by atoms with E-state index in [9.17, 15) is 0 Å². The van der Waals surface area contributed by atoms with Gasteiger partial charge in [0.15, 0.2) is 0 Å². The average molecular weight is 252 g/mol. The molecule has 1 unspecified atom stereocenters. The highest BCUT2D eigenvalue weighted by Crippen LogP contribution is 2.10. The molecule has 1 heterocycles. The monoisotopic (exact) mass is 252 g/mol. The number of nitrogens with two attached hydrogens (primary N) is 1. The maximum absolute atomic E-state index is 5.99. The fourth-order valence-corrected chi connectivity index (χ4v) is 1.65. The molecule has 3 N–H and O–H groups in total. The molecule has 1 aromatic rings. The van der Waals surface area contributed by atoms with E-state index in [-0.39, 0.29) is 12.1 Å². The summed E-state index contributed by atoms with van der Waals surface area (Å²) in [7, 11) is 0. The largest absolute Gasteiger partial charge is 0.475 e. The van der Waals surface area contributed by atoms with Crippen LogP contribution in [0.5, 0.6) is 5.88 Å². The highest BCUT2D eigenvalue weighted by Gasteiger charge is 2.07. The Morgan fingerprint density at radius 1 is 1.33 bits per heavy atom. The van der Waals surface area contributed by atoms with Gasteiger partial charge in [0.1, 0.15) is 0 Å². The van der Waals surface area contributed by atoms with Gasteiger partial charge in [0.2, 0.25) is 11.8 Å². The summed E-state index contributed by atoms with van der Waals surface area (Å²) >= 11 is 0. The van der Waals surface area contributed by atoms with E-state index in [0.717, 1.165) is 6.42 Å². The lowest BCUT2D eigenvalue weighted by Gasteiger charge is -2.15. The van der Waals surface area contributed by atoms with E-state index in [1.807, 2.05) is 13.8 Å². The van der Waals surface area contributed by atoms with Crippen LogP contribution in [0.4, 0.5) is 5.95 Å². The van der Waals surface area contributed by atoms with Crippen LogP contribution in [0.3, 0.4) is 0 Å². The number of nitrogens with zero attached hydrogens (tertiary/aromatic N) is 2. The van der Waals surface area contributed by atoms with Gasteiger partial charge in [-0.15, -0.1) is 0 Å². The van der Waals surface area contributed by atoms with Gasteiger partial charge < -0.3 is 15.8 Å². The van der Waals surface area contributed by atoms with E-state index >= 15 is 0 Å². The van der Waals surface area contributed by atoms with Crippen LogP contribution in [0.2, 0.25) is 0 Å². The van der Waals surface area contributed by atoms with Crippen molar-refractivity contribution in [3.8, 4) is 5.88 Å². The van der Waals surface area contributed by atoms with Crippen molar-refractivity contribution >= 4 is 5.95 Å². The molecule has 5 nitrogen and oxygen atoms in total. The minimum Gasteiger partial charge on any atom is -0.475 e. The lowest BCUT2D eigenvalue weighted by Crippen LogP contribution is -2.30. The maximum Gasteiger partial charge on any atom is 0.225 e. The molecule has 18 heavy (non-hydrogen) atoms. The van der Waals surface area contributed by atoms with Crippen molar-refractivity contribution in [3.63, 3.8) is 0 Å². The molecule has 1 atom stereocenters. The SMILES string of the molecule is CC(C)CC(N)CNc1nccc(OC(C)C)n1. The van der Waals surface area contributed by atoms with Crippen molar-refractivity contribution in [1.82, 2.24) is 9.97 Å². The Balaban J connectivity index is 2.47. The normalized spacial score (nSPS) is 12.8. The summed E-state index contributed by atoms with van der Waals surface area (Å²) in [4.78, 5) is 8.40. The Bertz CT molecular complexity index is 355. The first-order chi connectivity index (χ1) is 8.47. The summed E-state index contributed by atoms with van der Waals surface area (Å²) in [6, 6.07) is 1.86. The van der Waals surface area contributed by atoms with Crippen molar-refractivity contribution in [2.24, 2.45) is 11.7 Å². The molecule has 102 valence electrons. The van der Waals surface area contributed by atoms with Gasteiger partial charge in [-0.1, -0.05) is 13.8 Å². The zero-order valence-corrected chi connectivity index (χ0v) is 11.7. The standard InChI is InChI=1S/C13H24N4O/c1-9(2)7-11(14)8-16-13-15-6-5-12(17-13)18-10(3)4/h5-6,9-11H,7-8,14H2,1-4H3,(H,15,16,17). The average Bonchev–Trinajstić information content (AvgIpc) is 2.25. The Hall–Kier alpha value is -1.36. The van der Waals surface area contributed by atoms with Gasteiger partial charge >= 0.3 is 0 Å². The van der Waals surface area contributed by atoms with Crippen LogP contribution in [0.1, 0.15) is 34.1 Å². The molecule has 0 fully saturated rings. The van der Waals surface area contributed by atoms with Crippen LogP contribution in [0, 0.1) is 5.92 Å². The molecule has 0 spiro atoms. The number of aromatic nitrogens is 2. The Kier molecular flexibility index (Phi) is 5.85. The first-order valence-electron chi connectivity index (χ1n) is 6.46. The van der Waals surface area contributed by atoms with E-state index in [1.54, 1.807) is 12.3 Å². The quantitative estimate of drug-likeness (QED) is 0.777. The Labute approximate surface area is 109 Å². The topological polar surface area (TPSA) is 73.1 Å². The molecule has 0 radical (unpaired) electrons. The van der Waals surface area contributed by atoms with Crippen molar-refractivity contribution in [2.45, 2.75) is 46.3 Å². The van der Waals surface area contributed by atoms with Crippen LogP contribution in [0.25, 0.3) is 0 Å². The second-order valence-corrected chi connectivity index (χ2v) is 5.16. The highest BCUT2D eigenvalue weighted by molar-refractivity contribution is 5.27. The summed E-state index contributed by atoms with van der Waals surface area (Å²) in [5.74, 6) is 1.74. The zero-order valence-electron chi connectivity index (χ0n) is 11.7. The van der Waals surface area contributed by atoms with Gasteiger partial charge in [0.05, 0.1) is 6.10 Å². The summed E-state index contributed by atoms with van der Waals surface area (Å²) in [5.41, 5.74) is 5.99. The van der Waals surface area contributed by atoms with Crippen molar-refractivity contribution in [1.29, 1.82) is 0 Å². The van der Waals surface area contributed by atoms with Crippen LogP contribution >= 0.6 is 0 Å². The van der Waals surface area contributed by atoms with Crippen LogP contribution in [-0.4, -0.2) is 28.7 Å². The van der Waals surface area contributed by atoms with Crippen molar-refractivity contribution < 1.29 is 4.74 Å². The third-order valence-electron chi connectivity index (χ3n) is 2.28. The van der Waals surface area contributed by atoms with E-state index in [2.05, 4.69) is 29.1 Å². The predicted molar refractivity (Wildman–Crippen MR) is 73.7 cm³/mol. The third kappa shape index (κ3) is 5.82. The first-order valence-corrected chi connectivity index (χ1v) is 6.46. The molecule has 0 bridgehead atoms. The molecule has 0 aliphatic carbocycles. The molecule has 0 amide bonds. The van der Waals surface area contributed by atoms with E-state index in [1.165, 1.54) is 0 Å². The van der Waals surface area contributed by atoms with Crippen LogP contribution < -0.4 is 15.8 Å². The van der Waals surface area contributed by atoms with E-state index in [4.69, 9.17) is 10.5 Å². The van der Waals surface area contributed by atoms with E-state index in [0.29, 0.717) is 24.3 Å². The molecular formula is C13H24N4O. The number of hydrogen-bond donors (Lipinski definition) is 2. The van der Waals surface area contributed by atoms with Gasteiger partial charge in [-0.25, -0.2) is 4.98 Å². The molecule has 0 aliphatic heterocycles. The maximum atomic E-state index is 5.99. The molecule has 1 rings (SSSR count). The summed E-state index contributed by atoms with van der Waals surface area (Å²) < 4.78 is 5.50. The van der Waals surface area contributed by atoms with Gasteiger partial charge in [-0.3, -0.25) is 0 Å². The van der Waals surface area contributed by atoms with Gasteiger partial charge in [-0.2, -0.15) is 4.98 Å². The fourth-order valence-electron chi connectivity index (χ4n) is 1.65. The van der Waals surface area contributed by atoms with Gasteiger partial charge in [-0.05, 0) is 26.2 Å².